The van der Waals surface area contributed by atoms with E-state index in [1.807, 2.05) is 24.3 Å². The summed E-state index contributed by atoms with van der Waals surface area (Å²) in [7, 11) is 0. The molecule has 0 bridgehead atoms. The monoisotopic (exact) mass is 468 g/mol. The van der Waals surface area contributed by atoms with Crippen molar-refractivity contribution in [2.45, 2.75) is 26.2 Å². The minimum atomic E-state index is -0.0143. The minimum Gasteiger partial charge on any atom is -0.397 e. The molecule has 0 aliphatic heterocycles. The summed E-state index contributed by atoms with van der Waals surface area (Å²) in [5, 5.41) is 3.72. The number of para-hydroxylation sites is 2. The second-order valence-corrected chi connectivity index (χ2v) is 10.2. The molecular formula is C34H32N2. The summed E-state index contributed by atoms with van der Waals surface area (Å²) in [6.07, 6.45) is 0. The normalized spacial score (nSPS) is 11.3. The Morgan fingerprint density at radius 1 is 0.528 bits per heavy atom. The first-order chi connectivity index (χ1) is 17.4. The lowest BCUT2D eigenvalue weighted by Gasteiger charge is -2.26. The van der Waals surface area contributed by atoms with Crippen LogP contribution in [0.5, 0.6) is 0 Å². The molecule has 178 valence electrons. The van der Waals surface area contributed by atoms with E-state index in [0.717, 1.165) is 33.8 Å². The van der Waals surface area contributed by atoms with Crippen LogP contribution in [0.25, 0.3) is 33.4 Å². The third-order valence-electron chi connectivity index (χ3n) is 6.59. The highest BCUT2D eigenvalue weighted by Gasteiger charge is 2.21. The molecule has 36 heavy (non-hydrogen) atoms. The van der Waals surface area contributed by atoms with Crippen molar-refractivity contribution in [3.63, 3.8) is 0 Å². The smallest absolute Gasteiger partial charge is 0.0618 e. The van der Waals surface area contributed by atoms with Gasteiger partial charge in [0.1, 0.15) is 0 Å². The highest BCUT2D eigenvalue weighted by atomic mass is 14.9. The van der Waals surface area contributed by atoms with Crippen LogP contribution in [0.4, 0.5) is 17.1 Å². The number of nitrogen functional groups attached to an aromatic ring is 1. The Kier molecular flexibility index (Phi) is 6.35. The van der Waals surface area contributed by atoms with Crippen LogP contribution < -0.4 is 11.1 Å². The van der Waals surface area contributed by atoms with Gasteiger partial charge in [0.15, 0.2) is 0 Å². The quantitative estimate of drug-likeness (QED) is 0.252. The molecule has 2 nitrogen and oxygen atoms in total. The summed E-state index contributed by atoms with van der Waals surface area (Å²) in [6.45, 7) is 6.80. The fourth-order valence-corrected chi connectivity index (χ4v) is 4.53. The fourth-order valence-electron chi connectivity index (χ4n) is 4.53. The first-order valence-electron chi connectivity index (χ1n) is 12.4. The second-order valence-electron chi connectivity index (χ2n) is 10.2. The number of rotatable bonds is 5. The second kappa shape index (κ2) is 9.75. The first-order valence-corrected chi connectivity index (χ1v) is 12.4. The fraction of sp³-hybridized carbons (Fsp3) is 0.118. The Hall–Kier alpha value is -4.30. The van der Waals surface area contributed by atoms with Crippen molar-refractivity contribution >= 4 is 17.1 Å². The zero-order valence-electron chi connectivity index (χ0n) is 21.1. The van der Waals surface area contributed by atoms with Crippen LogP contribution in [0.2, 0.25) is 0 Å². The zero-order valence-corrected chi connectivity index (χ0v) is 21.1. The van der Waals surface area contributed by atoms with Gasteiger partial charge in [0.05, 0.1) is 17.1 Å². The van der Waals surface area contributed by atoms with Crippen LogP contribution in [0.3, 0.4) is 0 Å². The molecule has 0 spiro atoms. The van der Waals surface area contributed by atoms with Crippen LogP contribution in [0.1, 0.15) is 26.3 Å². The molecule has 5 aromatic carbocycles. The van der Waals surface area contributed by atoms with Crippen molar-refractivity contribution in [2.24, 2.45) is 0 Å². The van der Waals surface area contributed by atoms with Gasteiger partial charge in [0.2, 0.25) is 0 Å². The number of hydrogen-bond acceptors (Lipinski definition) is 2. The predicted molar refractivity (Wildman–Crippen MR) is 156 cm³/mol. The van der Waals surface area contributed by atoms with E-state index in [2.05, 4.69) is 123 Å². The number of benzene rings is 5. The van der Waals surface area contributed by atoms with E-state index in [0.29, 0.717) is 0 Å². The Morgan fingerprint density at radius 3 is 1.69 bits per heavy atom. The molecule has 0 fully saturated rings. The van der Waals surface area contributed by atoms with Crippen molar-refractivity contribution in [3.05, 3.63) is 127 Å². The average molecular weight is 469 g/mol. The Balaban J connectivity index is 1.79. The third kappa shape index (κ3) is 4.89. The largest absolute Gasteiger partial charge is 0.397 e. The molecule has 0 unspecified atom stereocenters. The zero-order chi connectivity index (χ0) is 25.1. The van der Waals surface area contributed by atoms with Crippen molar-refractivity contribution in [1.29, 1.82) is 0 Å². The maximum absolute atomic E-state index is 6.38. The van der Waals surface area contributed by atoms with Crippen LogP contribution >= 0.6 is 0 Å². The molecule has 5 rings (SSSR count). The number of nitrogens with one attached hydrogen (secondary N) is 1. The minimum absolute atomic E-state index is 0.0143. The van der Waals surface area contributed by atoms with E-state index in [1.165, 1.54) is 22.3 Å². The molecule has 0 atom stereocenters. The lowest BCUT2D eigenvalue weighted by molar-refractivity contribution is 0.591. The molecule has 0 heterocycles. The lowest BCUT2D eigenvalue weighted by Crippen LogP contribution is -2.12. The molecule has 0 aliphatic carbocycles. The molecule has 0 aliphatic rings. The summed E-state index contributed by atoms with van der Waals surface area (Å²) in [6, 6.07) is 42.5. The summed E-state index contributed by atoms with van der Waals surface area (Å²) in [5.41, 5.74) is 17.4. The van der Waals surface area contributed by atoms with E-state index in [9.17, 15) is 0 Å². The number of anilines is 3. The summed E-state index contributed by atoms with van der Waals surface area (Å²) in [5.74, 6) is 0. The van der Waals surface area contributed by atoms with E-state index in [4.69, 9.17) is 5.73 Å². The topological polar surface area (TPSA) is 38.0 Å². The molecule has 3 N–H and O–H groups in total. The van der Waals surface area contributed by atoms with Crippen LogP contribution in [-0.4, -0.2) is 0 Å². The van der Waals surface area contributed by atoms with Gasteiger partial charge in [-0.1, -0.05) is 112 Å². The van der Waals surface area contributed by atoms with E-state index < -0.39 is 0 Å². The van der Waals surface area contributed by atoms with Crippen molar-refractivity contribution in [1.82, 2.24) is 0 Å². The van der Waals surface area contributed by atoms with Crippen molar-refractivity contribution in [2.75, 3.05) is 11.1 Å². The number of nitrogens with two attached hydrogens (primary N) is 1. The van der Waals surface area contributed by atoms with Gasteiger partial charge in [-0.15, -0.1) is 0 Å². The lowest BCUT2D eigenvalue weighted by atomic mass is 9.82. The molecule has 0 saturated carbocycles. The van der Waals surface area contributed by atoms with Gasteiger partial charge in [-0.3, -0.25) is 0 Å². The van der Waals surface area contributed by atoms with Gasteiger partial charge < -0.3 is 11.1 Å². The standard InChI is InChI=1S/C34H32N2/c1-34(2,3)28-22-29(25-15-8-5-9-16-25)33(36-32-20-11-10-19-31(32)35)30(23-28)27-18-12-17-26(21-27)24-13-6-4-7-14-24/h4-23,36H,35H2,1-3H3. The average Bonchev–Trinajstić information content (AvgIpc) is 2.90. The maximum Gasteiger partial charge on any atom is 0.0618 e. The predicted octanol–water partition coefficient (Wildman–Crippen LogP) is 9.31. The Bertz CT molecular complexity index is 1480. The summed E-state index contributed by atoms with van der Waals surface area (Å²) < 4.78 is 0. The number of hydrogen-bond donors (Lipinski definition) is 2. The molecule has 0 amide bonds. The van der Waals surface area contributed by atoms with Crippen LogP contribution in [-0.2, 0) is 5.41 Å². The molecular weight excluding hydrogens is 436 g/mol. The summed E-state index contributed by atoms with van der Waals surface area (Å²) >= 11 is 0. The van der Waals surface area contributed by atoms with E-state index in [1.54, 1.807) is 0 Å². The molecule has 0 saturated heterocycles. The third-order valence-corrected chi connectivity index (χ3v) is 6.59. The van der Waals surface area contributed by atoms with Gasteiger partial charge >= 0.3 is 0 Å². The Labute approximate surface area is 214 Å². The van der Waals surface area contributed by atoms with E-state index >= 15 is 0 Å². The first kappa shape index (κ1) is 23.4. The maximum atomic E-state index is 6.38. The SMILES string of the molecule is CC(C)(C)c1cc(-c2ccccc2)c(Nc2ccccc2N)c(-c2cccc(-c3ccccc3)c2)c1. The highest BCUT2D eigenvalue weighted by molar-refractivity contribution is 5.95. The van der Waals surface area contributed by atoms with Gasteiger partial charge in [-0.25, -0.2) is 0 Å². The molecule has 0 radical (unpaired) electrons. The van der Waals surface area contributed by atoms with Crippen molar-refractivity contribution in [3.8, 4) is 33.4 Å². The molecule has 0 aromatic heterocycles. The van der Waals surface area contributed by atoms with E-state index in [-0.39, 0.29) is 5.41 Å². The van der Waals surface area contributed by atoms with Gasteiger partial charge in [0, 0.05) is 11.1 Å². The summed E-state index contributed by atoms with van der Waals surface area (Å²) in [4.78, 5) is 0. The van der Waals surface area contributed by atoms with Gasteiger partial charge in [0.25, 0.3) is 0 Å². The van der Waals surface area contributed by atoms with Gasteiger partial charge in [-0.05, 0) is 63.6 Å². The molecule has 5 aromatic rings. The molecule has 2 heteroatoms. The van der Waals surface area contributed by atoms with Gasteiger partial charge in [-0.2, -0.15) is 0 Å². The highest BCUT2D eigenvalue weighted by Crippen LogP contribution is 2.43. The van der Waals surface area contributed by atoms with Crippen molar-refractivity contribution < 1.29 is 0 Å². The van der Waals surface area contributed by atoms with Crippen LogP contribution in [0, 0.1) is 0 Å². The Morgan fingerprint density at radius 2 is 1.06 bits per heavy atom. The van der Waals surface area contributed by atoms with Crippen LogP contribution in [0.15, 0.2) is 121 Å².